The van der Waals surface area contributed by atoms with Crippen LogP contribution >= 0.6 is 11.3 Å². The molecule has 0 fully saturated rings. The second-order valence-corrected chi connectivity index (χ2v) is 5.24. The van der Waals surface area contributed by atoms with Crippen molar-refractivity contribution < 1.29 is 9.59 Å². The minimum Gasteiger partial charge on any atom is -0.350 e. The smallest absolute Gasteiger partial charge is 0.340 e. The molecular formula is C11H11N5O2S. The molecule has 0 aromatic carbocycles. The molecule has 2 aromatic rings. The van der Waals surface area contributed by atoms with Crippen molar-refractivity contribution in [2.75, 3.05) is 5.32 Å². The van der Waals surface area contributed by atoms with Gasteiger partial charge in [0.15, 0.2) is 5.13 Å². The van der Waals surface area contributed by atoms with E-state index in [1.807, 2.05) is 0 Å². The molecule has 1 aliphatic carbocycles. The monoisotopic (exact) mass is 277 g/mol. The Hall–Kier alpha value is -2.22. The van der Waals surface area contributed by atoms with Crippen molar-refractivity contribution in [1.82, 2.24) is 14.8 Å². The molecule has 0 unspecified atom stereocenters. The Morgan fingerprint density at radius 2 is 2.26 bits per heavy atom. The quantitative estimate of drug-likeness (QED) is 0.811. The first-order valence-corrected chi connectivity index (χ1v) is 6.52. The van der Waals surface area contributed by atoms with Crippen LogP contribution in [0.4, 0.5) is 9.93 Å². The predicted molar refractivity (Wildman–Crippen MR) is 70.0 cm³/mol. The SMILES string of the molecule is CC(=O)Nc1nc2c(s1)-c1c(cnn1C(N)=O)CC2. The summed E-state index contributed by atoms with van der Waals surface area (Å²) < 4.78 is 1.18. The van der Waals surface area contributed by atoms with Crippen molar-refractivity contribution in [3.63, 3.8) is 0 Å². The van der Waals surface area contributed by atoms with E-state index >= 15 is 0 Å². The zero-order valence-corrected chi connectivity index (χ0v) is 11.0. The van der Waals surface area contributed by atoms with Crippen LogP contribution in [0.5, 0.6) is 0 Å². The molecule has 2 amide bonds. The Morgan fingerprint density at radius 1 is 1.47 bits per heavy atom. The van der Waals surface area contributed by atoms with Gasteiger partial charge < -0.3 is 11.1 Å². The zero-order chi connectivity index (χ0) is 13.6. The van der Waals surface area contributed by atoms with E-state index in [1.54, 1.807) is 6.20 Å². The highest BCUT2D eigenvalue weighted by molar-refractivity contribution is 7.19. The first-order valence-electron chi connectivity index (χ1n) is 5.70. The molecule has 8 heteroatoms. The zero-order valence-electron chi connectivity index (χ0n) is 10.1. The molecule has 2 heterocycles. The maximum atomic E-state index is 11.4. The summed E-state index contributed by atoms with van der Waals surface area (Å²) in [6.45, 7) is 1.43. The summed E-state index contributed by atoms with van der Waals surface area (Å²) in [6.07, 6.45) is 3.18. The lowest BCUT2D eigenvalue weighted by atomic mass is 10.0. The summed E-state index contributed by atoms with van der Waals surface area (Å²) in [6, 6.07) is -0.622. The van der Waals surface area contributed by atoms with Gasteiger partial charge in [-0.2, -0.15) is 9.78 Å². The Labute approximate surface area is 112 Å². The summed E-state index contributed by atoms with van der Waals surface area (Å²) in [5.74, 6) is -0.172. The third kappa shape index (κ3) is 1.89. The number of nitrogens with two attached hydrogens (primary N) is 1. The Balaban J connectivity index is 2.12. The summed E-state index contributed by atoms with van der Waals surface area (Å²) in [5, 5.41) is 7.19. The Bertz CT molecular complexity index is 687. The predicted octanol–water partition coefficient (Wildman–Crippen LogP) is 0.990. The molecule has 0 aliphatic heterocycles. The van der Waals surface area contributed by atoms with Crippen LogP contribution in [-0.4, -0.2) is 26.7 Å². The maximum Gasteiger partial charge on any atom is 0.340 e. The molecule has 7 nitrogen and oxygen atoms in total. The molecule has 0 atom stereocenters. The molecule has 3 N–H and O–H groups in total. The van der Waals surface area contributed by atoms with Gasteiger partial charge in [0, 0.05) is 12.5 Å². The number of carbonyl (C=O) groups is 2. The molecule has 0 saturated heterocycles. The van der Waals surface area contributed by atoms with Gasteiger partial charge in [-0.1, -0.05) is 11.3 Å². The molecule has 2 aromatic heterocycles. The number of anilines is 1. The van der Waals surface area contributed by atoms with Crippen molar-refractivity contribution in [2.24, 2.45) is 5.73 Å². The molecule has 0 bridgehead atoms. The minimum absolute atomic E-state index is 0.172. The lowest BCUT2D eigenvalue weighted by molar-refractivity contribution is -0.114. The van der Waals surface area contributed by atoms with Crippen LogP contribution in [0, 0.1) is 0 Å². The first kappa shape index (κ1) is 11.8. The van der Waals surface area contributed by atoms with Gasteiger partial charge in [-0.05, 0) is 12.8 Å². The molecule has 19 heavy (non-hydrogen) atoms. The van der Waals surface area contributed by atoms with Crippen molar-refractivity contribution in [3.05, 3.63) is 17.5 Å². The molecule has 0 saturated carbocycles. The summed E-state index contributed by atoms with van der Waals surface area (Å²) in [5.41, 5.74) is 7.84. The van der Waals surface area contributed by atoms with Crippen LogP contribution < -0.4 is 11.1 Å². The molecular weight excluding hydrogens is 266 g/mol. The van der Waals surface area contributed by atoms with Gasteiger partial charge in [0.05, 0.1) is 22.5 Å². The highest BCUT2D eigenvalue weighted by Gasteiger charge is 2.26. The highest BCUT2D eigenvalue weighted by Crippen LogP contribution is 2.39. The van der Waals surface area contributed by atoms with Gasteiger partial charge in [-0.3, -0.25) is 4.79 Å². The lowest BCUT2D eigenvalue weighted by Crippen LogP contribution is -2.22. The number of nitrogens with zero attached hydrogens (tertiary/aromatic N) is 3. The number of aryl methyl sites for hydroxylation is 2. The van der Waals surface area contributed by atoms with Gasteiger partial charge in [0.1, 0.15) is 0 Å². The average molecular weight is 277 g/mol. The van der Waals surface area contributed by atoms with E-state index in [0.717, 1.165) is 29.0 Å². The third-order valence-electron chi connectivity index (χ3n) is 2.88. The summed E-state index contributed by atoms with van der Waals surface area (Å²) >= 11 is 1.33. The summed E-state index contributed by atoms with van der Waals surface area (Å²) in [7, 11) is 0. The van der Waals surface area contributed by atoms with Gasteiger partial charge >= 0.3 is 6.03 Å². The fourth-order valence-electron chi connectivity index (χ4n) is 2.14. The van der Waals surface area contributed by atoms with Crippen LogP contribution in [0.2, 0.25) is 0 Å². The number of nitrogens with one attached hydrogen (secondary N) is 1. The van der Waals surface area contributed by atoms with Crippen LogP contribution in [0.3, 0.4) is 0 Å². The van der Waals surface area contributed by atoms with E-state index in [1.165, 1.54) is 22.9 Å². The number of amides is 2. The van der Waals surface area contributed by atoms with Gasteiger partial charge in [0.2, 0.25) is 5.91 Å². The number of primary amides is 1. The molecule has 0 spiro atoms. The van der Waals surface area contributed by atoms with E-state index < -0.39 is 6.03 Å². The van der Waals surface area contributed by atoms with E-state index in [4.69, 9.17) is 5.73 Å². The van der Waals surface area contributed by atoms with Crippen molar-refractivity contribution in [3.8, 4) is 10.6 Å². The summed E-state index contributed by atoms with van der Waals surface area (Å²) in [4.78, 5) is 27.6. The normalized spacial score (nSPS) is 12.7. The molecule has 3 rings (SSSR count). The Kier molecular flexibility index (Phi) is 2.59. The fourth-order valence-corrected chi connectivity index (χ4v) is 3.26. The fraction of sp³-hybridized carbons (Fsp3) is 0.273. The number of rotatable bonds is 1. The van der Waals surface area contributed by atoms with E-state index in [9.17, 15) is 9.59 Å². The first-order chi connectivity index (χ1) is 9.06. The number of hydrogen-bond donors (Lipinski definition) is 2. The van der Waals surface area contributed by atoms with Crippen LogP contribution in [0.1, 0.15) is 18.2 Å². The molecule has 0 radical (unpaired) electrons. The minimum atomic E-state index is -0.622. The second kappa shape index (κ2) is 4.16. The number of thiazole rings is 1. The standard InChI is InChI=1S/C11H11N5O2S/c1-5(17)14-11-15-7-3-2-6-4-13-16(10(12)18)8(6)9(7)19-11/h4H,2-3H2,1H3,(H2,12,18)(H,14,15,17). The highest BCUT2D eigenvalue weighted by atomic mass is 32.1. The van der Waals surface area contributed by atoms with Crippen molar-refractivity contribution >= 4 is 28.4 Å². The van der Waals surface area contributed by atoms with Gasteiger partial charge in [0.25, 0.3) is 0 Å². The van der Waals surface area contributed by atoms with Gasteiger partial charge in [-0.25, -0.2) is 9.78 Å². The number of hydrogen-bond acceptors (Lipinski definition) is 5. The third-order valence-corrected chi connectivity index (χ3v) is 3.90. The number of aromatic nitrogens is 3. The second-order valence-electron chi connectivity index (χ2n) is 4.24. The average Bonchev–Trinajstić information content (AvgIpc) is 2.88. The number of fused-ring (bicyclic) bond motifs is 3. The van der Waals surface area contributed by atoms with Gasteiger partial charge in [-0.15, -0.1) is 0 Å². The molecule has 98 valence electrons. The van der Waals surface area contributed by atoms with E-state index in [-0.39, 0.29) is 5.91 Å². The van der Waals surface area contributed by atoms with Crippen molar-refractivity contribution in [2.45, 2.75) is 19.8 Å². The maximum absolute atomic E-state index is 11.4. The largest absolute Gasteiger partial charge is 0.350 e. The van der Waals surface area contributed by atoms with Crippen LogP contribution in [0.15, 0.2) is 6.20 Å². The lowest BCUT2D eigenvalue weighted by Gasteiger charge is -2.11. The van der Waals surface area contributed by atoms with E-state index in [2.05, 4.69) is 15.4 Å². The van der Waals surface area contributed by atoms with Crippen LogP contribution in [-0.2, 0) is 17.6 Å². The molecule has 1 aliphatic rings. The van der Waals surface area contributed by atoms with Crippen LogP contribution in [0.25, 0.3) is 10.6 Å². The van der Waals surface area contributed by atoms with Crippen molar-refractivity contribution in [1.29, 1.82) is 0 Å². The topological polar surface area (TPSA) is 103 Å². The number of carbonyl (C=O) groups excluding carboxylic acids is 2. The van der Waals surface area contributed by atoms with E-state index in [0.29, 0.717) is 10.8 Å². The Morgan fingerprint density at radius 3 is 2.95 bits per heavy atom.